The molecule has 11 heavy (non-hydrogen) atoms. The number of carbonyl (C=O) groups is 2. The highest BCUT2D eigenvalue weighted by Crippen LogP contribution is 1.86. The summed E-state index contributed by atoms with van der Waals surface area (Å²) in [6, 6.07) is -0.352. The fraction of sp³-hybridized carbons (Fsp3) is 0.714. The van der Waals surface area contributed by atoms with Gasteiger partial charge in [0.05, 0.1) is 0 Å². The Morgan fingerprint density at radius 3 is 2.45 bits per heavy atom. The van der Waals surface area contributed by atoms with E-state index in [1.165, 1.54) is 6.92 Å². The summed E-state index contributed by atoms with van der Waals surface area (Å²) in [7, 11) is 1.65. The molecular formula is C7H13NO3. The molecule has 64 valence electrons. The van der Waals surface area contributed by atoms with Crippen molar-refractivity contribution in [2.24, 2.45) is 0 Å². The van der Waals surface area contributed by atoms with E-state index in [0.717, 1.165) is 0 Å². The molecule has 1 unspecified atom stereocenters. The molecule has 0 spiro atoms. The van der Waals surface area contributed by atoms with Crippen molar-refractivity contribution < 1.29 is 14.3 Å². The molecule has 0 aliphatic heterocycles. The van der Waals surface area contributed by atoms with Crippen molar-refractivity contribution in [3.63, 3.8) is 0 Å². The quantitative estimate of drug-likeness (QED) is 0.573. The van der Waals surface area contributed by atoms with Crippen molar-refractivity contribution in [1.82, 2.24) is 5.32 Å². The van der Waals surface area contributed by atoms with E-state index in [0.29, 0.717) is 0 Å². The van der Waals surface area contributed by atoms with Crippen molar-refractivity contribution in [3.8, 4) is 0 Å². The lowest BCUT2D eigenvalue weighted by atomic mass is 10.3. The third kappa shape index (κ3) is 4.50. The molecule has 4 nitrogen and oxygen atoms in total. The monoisotopic (exact) mass is 159 g/mol. The second kappa shape index (κ2) is 4.85. The molecule has 0 bridgehead atoms. The summed E-state index contributed by atoms with van der Waals surface area (Å²) in [5.74, 6) is -0.552. The van der Waals surface area contributed by atoms with Gasteiger partial charge in [0, 0.05) is 0 Å². The van der Waals surface area contributed by atoms with Crippen molar-refractivity contribution in [2.75, 3.05) is 13.7 Å². The van der Waals surface area contributed by atoms with Gasteiger partial charge in [0.1, 0.15) is 12.6 Å². The van der Waals surface area contributed by atoms with E-state index in [9.17, 15) is 9.59 Å². The van der Waals surface area contributed by atoms with Crippen molar-refractivity contribution in [2.45, 2.75) is 19.9 Å². The van der Waals surface area contributed by atoms with E-state index in [2.05, 4.69) is 10.1 Å². The van der Waals surface area contributed by atoms with E-state index in [1.54, 1.807) is 14.0 Å². The molecule has 4 heteroatoms. The van der Waals surface area contributed by atoms with E-state index in [4.69, 9.17) is 0 Å². The minimum absolute atomic E-state index is 0.134. The van der Waals surface area contributed by atoms with E-state index >= 15 is 0 Å². The molecule has 0 aliphatic rings. The number of carbonyl (C=O) groups excluding carboxylic acids is 2. The van der Waals surface area contributed by atoms with Gasteiger partial charge in [-0.25, -0.2) is 0 Å². The summed E-state index contributed by atoms with van der Waals surface area (Å²) >= 11 is 0. The van der Waals surface area contributed by atoms with Crippen LogP contribution in [0.4, 0.5) is 0 Å². The summed E-state index contributed by atoms with van der Waals surface area (Å²) in [4.78, 5) is 21.2. The average molecular weight is 159 g/mol. The molecule has 0 heterocycles. The maximum absolute atomic E-state index is 10.8. The van der Waals surface area contributed by atoms with Crippen molar-refractivity contribution in [3.05, 3.63) is 0 Å². The number of rotatable bonds is 4. The summed E-state index contributed by atoms with van der Waals surface area (Å²) in [6.45, 7) is 2.91. The minimum atomic E-state index is -0.400. The fourth-order valence-corrected chi connectivity index (χ4v) is 0.416. The topological polar surface area (TPSA) is 55.4 Å². The van der Waals surface area contributed by atoms with Gasteiger partial charge in [0.2, 0.25) is 0 Å². The molecule has 0 saturated carbocycles. The van der Waals surface area contributed by atoms with E-state index < -0.39 is 5.97 Å². The smallest absolute Gasteiger partial charge is 0.323 e. The van der Waals surface area contributed by atoms with Gasteiger partial charge in [-0.1, -0.05) is 0 Å². The van der Waals surface area contributed by atoms with Gasteiger partial charge in [0.25, 0.3) is 0 Å². The lowest BCUT2D eigenvalue weighted by Crippen LogP contribution is -2.33. The molecule has 0 radical (unpaired) electrons. The highest BCUT2D eigenvalue weighted by Gasteiger charge is 2.11. The molecule has 0 fully saturated rings. The number of esters is 1. The van der Waals surface area contributed by atoms with Crippen LogP contribution in [-0.4, -0.2) is 31.4 Å². The summed E-state index contributed by atoms with van der Waals surface area (Å²) in [5, 5.41) is 2.70. The van der Waals surface area contributed by atoms with Crippen LogP contribution in [0.2, 0.25) is 0 Å². The molecular weight excluding hydrogens is 146 g/mol. The maximum atomic E-state index is 10.8. The highest BCUT2D eigenvalue weighted by molar-refractivity contribution is 5.81. The van der Waals surface area contributed by atoms with Gasteiger partial charge < -0.3 is 10.1 Å². The SMILES string of the molecule is CNC(C)C(=O)OCC(C)=O. The van der Waals surface area contributed by atoms with Gasteiger partial charge >= 0.3 is 5.97 Å². The fourth-order valence-electron chi connectivity index (χ4n) is 0.416. The number of likely N-dealkylation sites (N-methyl/N-ethyl adjacent to an activating group) is 1. The van der Waals surface area contributed by atoms with Crippen LogP contribution in [-0.2, 0) is 14.3 Å². The first-order valence-corrected chi connectivity index (χ1v) is 3.41. The van der Waals surface area contributed by atoms with Crippen LogP contribution in [0.25, 0.3) is 0 Å². The van der Waals surface area contributed by atoms with Crippen LogP contribution >= 0.6 is 0 Å². The molecule has 0 amide bonds. The first-order valence-electron chi connectivity index (χ1n) is 3.41. The number of ketones is 1. The molecule has 0 aliphatic carbocycles. The Kier molecular flexibility index (Phi) is 4.45. The predicted molar refractivity (Wildman–Crippen MR) is 40.2 cm³/mol. The Labute approximate surface area is 65.9 Å². The molecule has 1 N–H and O–H groups in total. The molecule has 1 atom stereocenters. The summed E-state index contributed by atoms with van der Waals surface area (Å²) in [5.41, 5.74) is 0. The zero-order valence-corrected chi connectivity index (χ0v) is 7.01. The van der Waals surface area contributed by atoms with E-state index in [-0.39, 0.29) is 18.4 Å². The Morgan fingerprint density at radius 2 is 2.09 bits per heavy atom. The lowest BCUT2D eigenvalue weighted by Gasteiger charge is -2.08. The van der Waals surface area contributed by atoms with Crippen LogP contribution in [0.15, 0.2) is 0 Å². The number of hydrogen-bond donors (Lipinski definition) is 1. The van der Waals surface area contributed by atoms with Crippen molar-refractivity contribution in [1.29, 1.82) is 0 Å². The largest absolute Gasteiger partial charge is 0.457 e. The van der Waals surface area contributed by atoms with Crippen LogP contribution < -0.4 is 5.32 Å². The van der Waals surface area contributed by atoms with Gasteiger partial charge in [-0.05, 0) is 20.9 Å². The zero-order valence-electron chi connectivity index (χ0n) is 7.01. The standard InChI is InChI=1S/C7H13NO3/c1-5(9)4-11-7(10)6(2)8-3/h6,8H,4H2,1-3H3. The summed E-state index contributed by atoms with van der Waals surface area (Å²) < 4.78 is 4.61. The maximum Gasteiger partial charge on any atom is 0.323 e. The molecule has 0 aromatic heterocycles. The van der Waals surface area contributed by atoms with Crippen LogP contribution in [0.1, 0.15) is 13.8 Å². The molecule has 0 saturated heterocycles. The third-order valence-corrected chi connectivity index (χ3v) is 1.20. The Bertz CT molecular complexity index is 156. The number of ether oxygens (including phenoxy) is 1. The molecule has 0 aromatic carbocycles. The van der Waals surface area contributed by atoms with Crippen LogP contribution in [0, 0.1) is 0 Å². The number of Topliss-reactive ketones (excluding diaryl/α,β-unsaturated/α-hetero) is 1. The molecule has 0 rings (SSSR count). The first kappa shape index (κ1) is 10.1. The van der Waals surface area contributed by atoms with Gasteiger partial charge in [-0.2, -0.15) is 0 Å². The Hall–Kier alpha value is -0.900. The summed E-state index contributed by atoms with van der Waals surface area (Å²) in [6.07, 6.45) is 0. The second-order valence-corrected chi connectivity index (χ2v) is 2.32. The normalized spacial score (nSPS) is 12.3. The predicted octanol–water partition coefficient (Wildman–Crippen LogP) is -0.274. The number of nitrogens with one attached hydrogen (secondary N) is 1. The molecule has 0 aromatic rings. The van der Waals surface area contributed by atoms with Gasteiger partial charge in [-0.3, -0.25) is 9.59 Å². The van der Waals surface area contributed by atoms with Gasteiger partial charge in [-0.15, -0.1) is 0 Å². The van der Waals surface area contributed by atoms with Crippen LogP contribution in [0.3, 0.4) is 0 Å². The van der Waals surface area contributed by atoms with E-state index in [1.807, 2.05) is 0 Å². The Morgan fingerprint density at radius 1 is 1.55 bits per heavy atom. The van der Waals surface area contributed by atoms with Crippen LogP contribution in [0.5, 0.6) is 0 Å². The first-order chi connectivity index (χ1) is 5.07. The average Bonchev–Trinajstić information content (AvgIpc) is 1.98. The highest BCUT2D eigenvalue weighted by atomic mass is 16.5. The second-order valence-electron chi connectivity index (χ2n) is 2.32. The van der Waals surface area contributed by atoms with Crippen molar-refractivity contribution >= 4 is 11.8 Å². The zero-order chi connectivity index (χ0) is 8.85. The lowest BCUT2D eigenvalue weighted by molar-refractivity contribution is -0.149. The minimum Gasteiger partial charge on any atom is -0.457 e. The number of hydrogen-bond acceptors (Lipinski definition) is 4. The third-order valence-electron chi connectivity index (χ3n) is 1.20. The Balaban J connectivity index is 3.60. The van der Waals surface area contributed by atoms with Gasteiger partial charge in [0.15, 0.2) is 5.78 Å².